The molecule has 2 N–H and O–H groups in total. The van der Waals surface area contributed by atoms with Gasteiger partial charge in [-0.25, -0.2) is 9.97 Å². The summed E-state index contributed by atoms with van der Waals surface area (Å²) < 4.78 is 0. The fraction of sp³-hybridized carbons (Fsp3) is 0.421. The summed E-state index contributed by atoms with van der Waals surface area (Å²) in [5.41, 5.74) is 2.29. The zero-order chi connectivity index (χ0) is 17.5. The molecule has 5 heteroatoms. The van der Waals surface area contributed by atoms with Crippen LogP contribution < -0.4 is 10.6 Å². The largest absolute Gasteiger partial charge is 0.354 e. The number of amides is 1. The van der Waals surface area contributed by atoms with Gasteiger partial charge in [-0.2, -0.15) is 0 Å². The summed E-state index contributed by atoms with van der Waals surface area (Å²) in [5, 5.41) is 6.12. The molecule has 0 saturated heterocycles. The fourth-order valence-electron chi connectivity index (χ4n) is 2.34. The van der Waals surface area contributed by atoms with Crippen LogP contribution in [-0.4, -0.2) is 22.4 Å². The van der Waals surface area contributed by atoms with Crippen LogP contribution in [0.3, 0.4) is 0 Å². The van der Waals surface area contributed by atoms with Crippen LogP contribution in [0.4, 0.5) is 11.6 Å². The van der Waals surface area contributed by atoms with Gasteiger partial charge in [0.05, 0.1) is 0 Å². The highest BCUT2D eigenvalue weighted by Gasteiger charge is 2.12. The molecule has 0 atom stereocenters. The third-order valence-corrected chi connectivity index (χ3v) is 3.72. The highest BCUT2D eigenvalue weighted by atomic mass is 16.1. The van der Waals surface area contributed by atoms with E-state index in [1.54, 1.807) is 12.3 Å². The van der Waals surface area contributed by atoms with E-state index < -0.39 is 0 Å². The Balaban J connectivity index is 2.08. The lowest BCUT2D eigenvalue weighted by Crippen LogP contribution is -2.17. The van der Waals surface area contributed by atoms with Crippen molar-refractivity contribution in [3.63, 3.8) is 0 Å². The summed E-state index contributed by atoms with van der Waals surface area (Å²) in [7, 11) is 0. The monoisotopic (exact) mass is 326 g/mol. The maximum Gasteiger partial charge on any atom is 0.274 e. The van der Waals surface area contributed by atoms with E-state index in [-0.39, 0.29) is 5.91 Å². The van der Waals surface area contributed by atoms with Crippen molar-refractivity contribution in [3.05, 3.63) is 47.8 Å². The summed E-state index contributed by atoms with van der Waals surface area (Å²) in [5.74, 6) is 1.20. The number of aromatic nitrogens is 2. The van der Waals surface area contributed by atoms with E-state index in [2.05, 4.69) is 48.3 Å². The molecule has 128 valence electrons. The second kappa shape index (κ2) is 8.43. The van der Waals surface area contributed by atoms with Crippen LogP contribution in [0.25, 0.3) is 0 Å². The van der Waals surface area contributed by atoms with Crippen LogP contribution in [0, 0.1) is 5.92 Å². The minimum atomic E-state index is -0.225. The van der Waals surface area contributed by atoms with Crippen LogP contribution in [0.15, 0.2) is 36.5 Å². The van der Waals surface area contributed by atoms with E-state index >= 15 is 0 Å². The molecule has 0 unspecified atom stereocenters. The van der Waals surface area contributed by atoms with Crippen molar-refractivity contribution in [2.75, 3.05) is 17.2 Å². The number of nitrogens with one attached hydrogen (secondary N) is 2. The number of para-hydroxylation sites is 1. The molecule has 1 aromatic carbocycles. The first-order valence-electron chi connectivity index (χ1n) is 8.44. The lowest BCUT2D eigenvalue weighted by Gasteiger charge is -2.13. The summed E-state index contributed by atoms with van der Waals surface area (Å²) in [6.45, 7) is 9.33. The van der Waals surface area contributed by atoms with Crippen LogP contribution in [0.5, 0.6) is 0 Å². The van der Waals surface area contributed by atoms with Crippen LogP contribution in [0.2, 0.25) is 0 Å². The Kier molecular flexibility index (Phi) is 6.29. The Morgan fingerprint density at radius 1 is 1.12 bits per heavy atom. The molecule has 1 heterocycles. The Bertz CT molecular complexity index is 683. The molecule has 5 nitrogen and oxygen atoms in total. The van der Waals surface area contributed by atoms with E-state index in [1.165, 1.54) is 0 Å². The Morgan fingerprint density at radius 3 is 2.58 bits per heavy atom. The second-order valence-electron chi connectivity index (χ2n) is 6.57. The van der Waals surface area contributed by atoms with Gasteiger partial charge in [0, 0.05) is 18.4 Å². The first-order valence-corrected chi connectivity index (χ1v) is 8.44. The zero-order valence-electron chi connectivity index (χ0n) is 14.8. The normalized spacial score (nSPS) is 10.9. The molecule has 0 fully saturated rings. The molecule has 0 saturated carbocycles. The third kappa shape index (κ3) is 5.05. The van der Waals surface area contributed by atoms with Gasteiger partial charge in [0.2, 0.25) is 5.95 Å². The summed E-state index contributed by atoms with van der Waals surface area (Å²) in [4.78, 5) is 21.0. The van der Waals surface area contributed by atoms with E-state index in [4.69, 9.17) is 0 Å². The van der Waals surface area contributed by atoms with Gasteiger partial charge in [-0.3, -0.25) is 4.79 Å². The van der Waals surface area contributed by atoms with Crippen LogP contribution >= 0.6 is 0 Å². The van der Waals surface area contributed by atoms with Crippen molar-refractivity contribution in [1.82, 2.24) is 9.97 Å². The molecule has 0 aliphatic carbocycles. The average molecular weight is 326 g/mol. The minimum absolute atomic E-state index is 0.225. The van der Waals surface area contributed by atoms with E-state index in [1.807, 2.05) is 24.3 Å². The fourth-order valence-corrected chi connectivity index (χ4v) is 2.34. The number of benzene rings is 1. The number of carbonyl (C=O) groups excluding carboxylic acids is 1. The summed E-state index contributed by atoms with van der Waals surface area (Å²) in [6.07, 6.45) is 2.63. The Labute approximate surface area is 143 Å². The number of rotatable bonds is 7. The first-order chi connectivity index (χ1) is 11.5. The molecular weight excluding hydrogens is 300 g/mol. The van der Waals surface area contributed by atoms with Gasteiger partial charge >= 0.3 is 0 Å². The zero-order valence-corrected chi connectivity index (χ0v) is 14.8. The van der Waals surface area contributed by atoms with Crippen molar-refractivity contribution in [3.8, 4) is 0 Å². The minimum Gasteiger partial charge on any atom is -0.354 e. The third-order valence-electron chi connectivity index (χ3n) is 3.72. The number of anilines is 2. The Morgan fingerprint density at radius 2 is 1.88 bits per heavy atom. The first kappa shape index (κ1) is 17.9. The molecule has 0 bridgehead atoms. The van der Waals surface area contributed by atoms with Gasteiger partial charge < -0.3 is 10.6 Å². The van der Waals surface area contributed by atoms with E-state index in [9.17, 15) is 4.79 Å². The maximum absolute atomic E-state index is 12.5. The van der Waals surface area contributed by atoms with Crippen molar-refractivity contribution in [1.29, 1.82) is 0 Å². The van der Waals surface area contributed by atoms with Crippen molar-refractivity contribution in [2.45, 2.75) is 40.0 Å². The molecule has 1 amide bonds. The quantitative estimate of drug-likeness (QED) is 0.795. The highest BCUT2D eigenvalue weighted by Crippen LogP contribution is 2.24. The molecule has 0 aliphatic rings. The van der Waals surface area contributed by atoms with Gasteiger partial charge in [-0.05, 0) is 36.0 Å². The number of hydrogen-bond acceptors (Lipinski definition) is 4. The molecule has 0 aliphatic heterocycles. The van der Waals surface area contributed by atoms with Gasteiger partial charge in [-0.15, -0.1) is 0 Å². The van der Waals surface area contributed by atoms with Gasteiger partial charge in [0.25, 0.3) is 5.91 Å². The predicted molar refractivity (Wildman–Crippen MR) is 98.5 cm³/mol. The molecular formula is C19H26N4O. The molecule has 0 spiro atoms. The molecule has 1 aromatic heterocycles. The maximum atomic E-state index is 12.5. The highest BCUT2D eigenvalue weighted by molar-refractivity contribution is 6.03. The number of nitrogens with zero attached hydrogens (tertiary/aromatic N) is 2. The predicted octanol–water partition coefficient (Wildman–Crippen LogP) is 4.31. The van der Waals surface area contributed by atoms with Crippen molar-refractivity contribution in [2.24, 2.45) is 5.92 Å². The molecule has 2 aromatic rings. The van der Waals surface area contributed by atoms with Crippen LogP contribution in [-0.2, 0) is 0 Å². The van der Waals surface area contributed by atoms with Gasteiger partial charge in [0.1, 0.15) is 5.69 Å². The Hall–Kier alpha value is -2.43. The average Bonchev–Trinajstić information content (AvgIpc) is 2.55. The van der Waals surface area contributed by atoms with Crippen molar-refractivity contribution < 1.29 is 4.79 Å². The summed E-state index contributed by atoms with van der Waals surface area (Å²) >= 11 is 0. The molecule has 0 radical (unpaired) electrons. The smallest absolute Gasteiger partial charge is 0.274 e. The van der Waals surface area contributed by atoms with Crippen LogP contribution in [0.1, 0.15) is 56.1 Å². The van der Waals surface area contributed by atoms with Gasteiger partial charge in [0.15, 0.2) is 0 Å². The van der Waals surface area contributed by atoms with Gasteiger partial charge in [-0.1, -0.05) is 45.9 Å². The lowest BCUT2D eigenvalue weighted by molar-refractivity contribution is 0.102. The SMILES string of the molecule is CC(C)CCNc1nccc(C(=O)Nc2ccccc2C(C)C)n1. The lowest BCUT2D eigenvalue weighted by atomic mass is 10.0. The summed E-state index contributed by atoms with van der Waals surface area (Å²) in [6, 6.07) is 9.46. The molecule has 2 rings (SSSR count). The van der Waals surface area contributed by atoms with E-state index in [0.29, 0.717) is 23.5 Å². The topological polar surface area (TPSA) is 66.9 Å². The second-order valence-corrected chi connectivity index (χ2v) is 6.57. The van der Waals surface area contributed by atoms with Crippen molar-refractivity contribution >= 4 is 17.5 Å². The molecule has 24 heavy (non-hydrogen) atoms. The standard InChI is InChI=1S/C19H26N4O/c1-13(2)9-11-20-19-21-12-10-17(23-19)18(24)22-16-8-6-5-7-15(16)14(3)4/h5-8,10,12-14H,9,11H2,1-4H3,(H,22,24)(H,20,21,23). The number of carbonyl (C=O) groups is 1. The number of hydrogen-bond donors (Lipinski definition) is 2. The van der Waals surface area contributed by atoms with E-state index in [0.717, 1.165) is 24.2 Å².